The molecule has 0 radical (unpaired) electrons. The number of hydrogen-bond acceptors (Lipinski definition) is 4. The zero-order valence-corrected chi connectivity index (χ0v) is 10.6. The van der Waals surface area contributed by atoms with Gasteiger partial charge < -0.3 is 19.1 Å². The van der Waals surface area contributed by atoms with Gasteiger partial charge in [-0.15, -0.1) is 0 Å². The van der Waals surface area contributed by atoms with Crippen LogP contribution >= 0.6 is 0 Å². The summed E-state index contributed by atoms with van der Waals surface area (Å²) in [6.07, 6.45) is 3.39. The summed E-state index contributed by atoms with van der Waals surface area (Å²) in [5.74, 6) is -1.45. The molecule has 0 aromatic carbocycles. The van der Waals surface area contributed by atoms with Crippen LogP contribution in [0.15, 0.2) is 30.6 Å². The average molecular weight is 275 g/mol. The number of rotatable bonds is 2. The van der Waals surface area contributed by atoms with E-state index in [1.807, 2.05) is 12.1 Å². The molecule has 3 heterocycles. The van der Waals surface area contributed by atoms with Crippen LogP contribution < -0.4 is 0 Å². The maximum Gasteiger partial charge on any atom is 0.328 e. The minimum Gasteiger partial charge on any atom is -0.480 e. The van der Waals surface area contributed by atoms with Gasteiger partial charge in [0.2, 0.25) is 0 Å². The molecule has 3 rings (SSSR count). The van der Waals surface area contributed by atoms with E-state index in [0.717, 1.165) is 0 Å². The van der Waals surface area contributed by atoms with Gasteiger partial charge in [-0.05, 0) is 12.1 Å². The highest BCUT2D eigenvalue weighted by Crippen LogP contribution is 2.13. The number of aromatic nitrogens is 2. The summed E-state index contributed by atoms with van der Waals surface area (Å²) in [6, 6.07) is 4.48. The number of ether oxygens (including phenoxy) is 1. The first kappa shape index (κ1) is 12.6. The van der Waals surface area contributed by atoms with Crippen molar-refractivity contribution in [1.82, 2.24) is 14.3 Å². The predicted molar refractivity (Wildman–Crippen MR) is 68.5 cm³/mol. The lowest BCUT2D eigenvalue weighted by Gasteiger charge is -2.32. The molecule has 2 aromatic heterocycles. The third-order valence-electron chi connectivity index (χ3n) is 3.26. The Morgan fingerprint density at radius 3 is 3.00 bits per heavy atom. The number of amides is 1. The Kier molecular flexibility index (Phi) is 3.11. The summed E-state index contributed by atoms with van der Waals surface area (Å²) in [4.78, 5) is 29.1. The predicted octanol–water partition coefficient (Wildman–Crippen LogP) is 0.260. The number of carboxylic acids is 1. The van der Waals surface area contributed by atoms with Gasteiger partial charge in [-0.3, -0.25) is 4.79 Å². The van der Waals surface area contributed by atoms with Crippen molar-refractivity contribution in [1.29, 1.82) is 0 Å². The molecule has 0 spiro atoms. The molecule has 0 saturated carbocycles. The van der Waals surface area contributed by atoms with Crippen molar-refractivity contribution >= 4 is 17.5 Å². The molecule has 2 aromatic rings. The van der Waals surface area contributed by atoms with Crippen LogP contribution in [0.5, 0.6) is 0 Å². The maximum absolute atomic E-state index is 12.4. The largest absolute Gasteiger partial charge is 0.480 e. The number of carbonyl (C=O) groups is 2. The fraction of sp³-hybridized carbons (Fsp3) is 0.308. The second-order valence-corrected chi connectivity index (χ2v) is 4.52. The minimum atomic E-state index is -1.07. The van der Waals surface area contributed by atoms with Gasteiger partial charge >= 0.3 is 5.97 Å². The smallest absolute Gasteiger partial charge is 0.328 e. The van der Waals surface area contributed by atoms with E-state index in [1.165, 1.54) is 4.90 Å². The van der Waals surface area contributed by atoms with Crippen LogP contribution in [0.1, 0.15) is 10.5 Å². The number of morpholine rings is 1. The van der Waals surface area contributed by atoms with Crippen LogP contribution in [0.4, 0.5) is 0 Å². The quantitative estimate of drug-likeness (QED) is 0.850. The molecule has 1 aliphatic rings. The lowest BCUT2D eigenvalue weighted by molar-refractivity contribution is -0.147. The molecule has 0 bridgehead atoms. The SMILES string of the molecule is O=C(O)C1COCCN1C(=O)c1cn2ccccc2n1. The Balaban J connectivity index is 1.92. The van der Waals surface area contributed by atoms with Crippen LogP contribution in [0, 0.1) is 0 Å². The summed E-state index contributed by atoms with van der Waals surface area (Å²) in [6.45, 7) is 0.598. The van der Waals surface area contributed by atoms with E-state index in [0.29, 0.717) is 12.3 Å². The van der Waals surface area contributed by atoms with Crippen molar-refractivity contribution in [3.63, 3.8) is 0 Å². The molecule has 1 N–H and O–H groups in total. The van der Waals surface area contributed by atoms with E-state index in [4.69, 9.17) is 9.84 Å². The minimum absolute atomic E-state index is 0.00838. The van der Waals surface area contributed by atoms with E-state index in [9.17, 15) is 9.59 Å². The first-order chi connectivity index (χ1) is 9.66. The third kappa shape index (κ3) is 2.12. The zero-order chi connectivity index (χ0) is 14.1. The van der Waals surface area contributed by atoms with Crippen LogP contribution in [-0.4, -0.2) is 57.1 Å². The molecule has 1 fully saturated rings. The topological polar surface area (TPSA) is 84.1 Å². The fourth-order valence-corrected chi connectivity index (χ4v) is 2.24. The van der Waals surface area contributed by atoms with Gasteiger partial charge in [0.05, 0.1) is 13.2 Å². The van der Waals surface area contributed by atoms with Crippen molar-refractivity contribution in [3.05, 3.63) is 36.3 Å². The maximum atomic E-state index is 12.4. The van der Waals surface area contributed by atoms with Gasteiger partial charge in [0.25, 0.3) is 5.91 Å². The monoisotopic (exact) mass is 275 g/mol. The Morgan fingerprint density at radius 2 is 2.25 bits per heavy atom. The van der Waals surface area contributed by atoms with E-state index in [1.54, 1.807) is 22.9 Å². The molecule has 104 valence electrons. The summed E-state index contributed by atoms with van der Waals surface area (Å²) in [5.41, 5.74) is 0.889. The van der Waals surface area contributed by atoms with Gasteiger partial charge in [-0.1, -0.05) is 6.07 Å². The van der Waals surface area contributed by atoms with E-state index in [-0.39, 0.29) is 24.8 Å². The normalized spacial score (nSPS) is 19.2. The molecule has 1 unspecified atom stereocenters. The Hall–Kier alpha value is -2.41. The van der Waals surface area contributed by atoms with E-state index in [2.05, 4.69) is 4.98 Å². The third-order valence-corrected chi connectivity index (χ3v) is 3.26. The summed E-state index contributed by atoms with van der Waals surface area (Å²) in [5, 5.41) is 9.14. The van der Waals surface area contributed by atoms with Crippen molar-refractivity contribution in [2.45, 2.75) is 6.04 Å². The van der Waals surface area contributed by atoms with Crippen molar-refractivity contribution in [2.75, 3.05) is 19.8 Å². The number of fused-ring (bicyclic) bond motifs is 1. The van der Waals surface area contributed by atoms with Gasteiger partial charge in [0, 0.05) is 18.9 Å². The zero-order valence-electron chi connectivity index (χ0n) is 10.6. The molecular weight excluding hydrogens is 262 g/mol. The molecule has 1 saturated heterocycles. The number of pyridine rings is 1. The highest BCUT2D eigenvalue weighted by atomic mass is 16.5. The second-order valence-electron chi connectivity index (χ2n) is 4.52. The molecular formula is C13H13N3O4. The van der Waals surface area contributed by atoms with Crippen molar-refractivity contribution in [3.8, 4) is 0 Å². The van der Waals surface area contributed by atoms with Crippen molar-refractivity contribution in [2.24, 2.45) is 0 Å². The summed E-state index contributed by atoms with van der Waals surface area (Å²) in [7, 11) is 0. The van der Waals surface area contributed by atoms with E-state index < -0.39 is 12.0 Å². The lowest BCUT2D eigenvalue weighted by atomic mass is 10.2. The average Bonchev–Trinajstić information content (AvgIpc) is 2.90. The molecule has 7 heteroatoms. The second kappa shape index (κ2) is 4.93. The Labute approximate surface area is 114 Å². The van der Waals surface area contributed by atoms with Crippen molar-refractivity contribution < 1.29 is 19.4 Å². The van der Waals surface area contributed by atoms with Crippen LogP contribution in [-0.2, 0) is 9.53 Å². The summed E-state index contributed by atoms with van der Waals surface area (Å²) < 4.78 is 6.84. The van der Waals surface area contributed by atoms with Gasteiger partial charge in [0.15, 0.2) is 6.04 Å². The molecule has 1 atom stereocenters. The lowest BCUT2D eigenvalue weighted by Crippen LogP contribution is -2.52. The van der Waals surface area contributed by atoms with Crippen LogP contribution in [0.2, 0.25) is 0 Å². The molecule has 20 heavy (non-hydrogen) atoms. The number of carboxylic acid groups (broad SMARTS) is 1. The fourth-order valence-electron chi connectivity index (χ4n) is 2.24. The molecule has 0 aliphatic carbocycles. The van der Waals surface area contributed by atoms with Crippen LogP contribution in [0.3, 0.4) is 0 Å². The molecule has 1 amide bonds. The van der Waals surface area contributed by atoms with E-state index >= 15 is 0 Å². The molecule has 7 nitrogen and oxygen atoms in total. The highest BCUT2D eigenvalue weighted by molar-refractivity contribution is 5.95. The van der Waals surface area contributed by atoms with Crippen LogP contribution in [0.25, 0.3) is 5.65 Å². The Morgan fingerprint density at radius 1 is 1.40 bits per heavy atom. The number of carbonyl (C=O) groups excluding carboxylic acids is 1. The van der Waals surface area contributed by atoms with Gasteiger partial charge in [-0.25, -0.2) is 9.78 Å². The number of hydrogen-bond donors (Lipinski definition) is 1. The number of aliphatic carboxylic acids is 1. The summed E-state index contributed by atoms with van der Waals surface area (Å²) >= 11 is 0. The standard InChI is InChI=1S/C13H13N3O4/c17-12(16-5-6-20-8-10(16)13(18)19)9-7-15-4-2-1-3-11(15)14-9/h1-4,7,10H,5-6,8H2,(H,18,19). The van der Waals surface area contributed by atoms with Gasteiger partial charge in [-0.2, -0.15) is 0 Å². The number of nitrogens with zero attached hydrogens (tertiary/aromatic N) is 3. The highest BCUT2D eigenvalue weighted by Gasteiger charge is 2.34. The first-order valence-corrected chi connectivity index (χ1v) is 6.22. The molecule has 1 aliphatic heterocycles. The van der Waals surface area contributed by atoms with Gasteiger partial charge in [0.1, 0.15) is 11.3 Å². The first-order valence-electron chi connectivity index (χ1n) is 6.22. The number of imidazole rings is 1. The Bertz CT molecular complexity index is 633.